The number of furan rings is 1. The zero-order valence-corrected chi connectivity index (χ0v) is 9.53. The molecule has 0 aliphatic carbocycles. The normalized spacial score (nSPS) is 10.5. The Balaban J connectivity index is 2.65. The Hall–Kier alpha value is -1.78. The van der Waals surface area contributed by atoms with E-state index in [9.17, 15) is 9.59 Å². The average molecular weight is 225 g/mol. The van der Waals surface area contributed by atoms with E-state index in [0.29, 0.717) is 11.5 Å². The van der Waals surface area contributed by atoms with Crippen LogP contribution in [0.5, 0.6) is 0 Å². The number of aryl methyl sites for hydroxylation is 1. The molecule has 0 radical (unpaired) electrons. The smallest absolute Gasteiger partial charge is 0.339 e. The van der Waals surface area contributed by atoms with Crippen LogP contribution < -0.4 is 5.32 Å². The molecule has 0 unspecified atom stereocenters. The summed E-state index contributed by atoms with van der Waals surface area (Å²) >= 11 is 0. The molecule has 1 heterocycles. The molecular weight excluding hydrogens is 210 g/mol. The molecule has 88 valence electrons. The maximum Gasteiger partial charge on any atom is 0.339 e. The Morgan fingerprint density at radius 1 is 1.50 bits per heavy atom. The van der Waals surface area contributed by atoms with Gasteiger partial charge in [0.15, 0.2) is 0 Å². The summed E-state index contributed by atoms with van der Waals surface area (Å²) < 4.78 is 5.21. The summed E-state index contributed by atoms with van der Waals surface area (Å²) in [6.45, 7) is 5.36. The number of carboxylic acids is 1. The molecule has 2 N–H and O–H groups in total. The van der Waals surface area contributed by atoms with E-state index in [0.717, 1.165) is 0 Å². The molecule has 16 heavy (non-hydrogen) atoms. The van der Waals surface area contributed by atoms with Gasteiger partial charge in [-0.25, -0.2) is 4.79 Å². The summed E-state index contributed by atoms with van der Waals surface area (Å²) in [5, 5.41) is 11.4. The molecule has 0 aliphatic rings. The predicted molar refractivity (Wildman–Crippen MR) is 57.1 cm³/mol. The summed E-state index contributed by atoms with van der Waals surface area (Å²) in [6, 6.07) is 1.43. The minimum absolute atomic E-state index is 0.0917. The molecule has 0 atom stereocenters. The SMILES string of the molecule is Cc1oc(CNC(=O)C(C)C)cc1C(=O)O. The first kappa shape index (κ1) is 12.3. The van der Waals surface area contributed by atoms with Crippen molar-refractivity contribution in [2.45, 2.75) is 27.3 Å². The number of amides is 1. The zero-order chi connectivity index (χ0) is 12.3. The van der Waals surface area contributed by atoms with Crippen molar-refractivity contribution in [3.05, 3.63) is 23.2 Å². The van der Waals surface area contributed by atoms with Crippen molar-refractivity contribution in [1.82, 2.24) is 5.32 Å². The van der Waals surface area contributed by atoms with Crippen molar-refractivity contribution in [1.29, 1.82) is 0 Å². The van der Waals surface area contributed by atoms with Crippen LogP contribution in [0.4, 0.5) is 0 Å². The van der Waals surface area contributed by atoms with Gasteiger partial charge in [-0.3, -0.25) is 4.79 Å². The zero-order valence-electron chi connectivity index (χ0n) is 9.53. The lowest BCUT2D eigenvalue weighted by molar-refractivity contribution is -0.124. The Bertz CT molecular complexity index is 406. The number of hydrogen-bond acceptors (Lipinski definition) is 3. The van der Waals surface area contributed by atoms with Gasteiger partial charge in [0.2, 0.25) is 5.91 Å². The summed E-state index contributed by atoms with van der Waals surface area (Å²) in [4.78, 5) is 22.0. The van der Waals surface area contributed by atoms with Gasteiger partial charge in [0.25, 0.3) is 0 Å². The van der Waals surface area contributed by atoms with E-state index in [-0.39, 0.29) is 23.9 Å². The standard InChI is InChI=1S/C11H15NO4/c1-6(2)10(13)12-5-8-4-9(11(14)15)7(3)16-8/h4,6H,5H2,1-3H3,(H,12,13)(H,14,15). The van der Waals surface area contributed by atoms with Crippen molar-refractivity contribution < 1.29 is 19.1 Å². The molecular formula is C11H15NO4. The number of nitrogens with one attached hydrogen (secondary N) is 1. The molecule has 0 saturated heterocycles. The first-order valence-electron chi connectivity index (χ1n) is 5.02. The van der Waals surface area contributed by atoms with Crippen LogP contribution in [0.25, 0.3) is 0 Å². The molecule has 0 bridgehead atoms. The van der Waals surface area contributed by atoms with Gasteiger partial charge in [0.1, 0.15) is 17.1 Å². The van der Waals surface area contributed by atoms with E-state index in [4.69, 9.17) is 9.52 Å². The van der Waals surface area contributed by atoms with Crippen molar-refractivity contribution in [2.75, 3.05) is 0 Å². The van der Waals surface area contributed by atoms with Crippen LogP contribution in [-0.4, -0.2) is 17.0 Å². The second-order valence-electron chi connectivity index (χ2n) is 3.86. The van der Waals surface area contributed by atoms with Gasteiger partial charge in [0, 0.05) is 5.92 Å². The van der Waals surface area contributed by atoms with Gasteiger partial charge in [-0.2, -0.15) is 0 Å². The van der Waals surface area contributed by atoms with Crippen molar-refractivity contribution in [3.63, 3.8) is 0 Å². The lowest BCUT2D eigenvalue weighted by Gasteiger charge is -2.04. The van der Waals surface area contributed by atoms with E-state index in [1.807, 2.05) is 0 Å². The van der Waals surface area contributed by atoms with Gasteiger partial charge in [-0.1, -0.05) is 13.8 Å². The number of aromatic carboxylic acids is 1. The highest BCUT2D eigenvalue weighted by Gasteiger charge is 2.14. The summed E-state index contributed by atoms with van der Waals surface area (Å²) in [7, 11) is 0. The summed E-state index contributed by atoms with van der Waals surface area (Å²) in [5.74, 6) is -0.422. The predicted octanol–water partition coefficient (Wildman–Crippen LogP) is 1.56. The third-order valence-corrected chi connectivity index (χ3v) is 2.16. The van der Waals surface area contributed by atoms with Crippen LogP contribution >= 0.6 is 0 Å². The Morgan fingerprint density at radius 3 is 2.56 bits per heavy atom. The van der Waals surface area contributed by atoms with E-state index in [1.54, 1.807) is 20.8 Å². The van der Waals surface area contributed by atoms with E-state index < -0.39 is 5.97 Å². The molecule has 1 amide bonds. The van der Waals surface area contributed by atoms with Crippen LogP contribution in [0.1, 0.15) is 35.7 Å². The minimum Gasteiger partial charge on any atom is -0.478 e. The summed E-state index contributed by atoms with van der Waals surface area (Å²) in [5.41, 5.74) is 0.133. The number of carbonyl (C=O) groups excluding carboxylic acids is 1. The molecule has 0 fully saturated rings. The minimum atomic E-state index is -1.03. The van der Waals surface area contributed by atoms with E-state index in [1.165, 1.54) is 6.07 Å². The number of carboxylic acid groups (broad SMARTS) is 1. The fourth-order valence-electron chi connectivity index (χ4n) is 1.22. The number of carbonyl (C=O) groups is 2. The molecule has 5 heteroatoms. The Labute approximate surface area is 93.4 Å². The maximum absolute atomic E-state index is 11.3. The van der Waals surface area contributed by atoms with E-state index >= 15 is 0 Å². The van der Waals surface area contributed by atoms with Crippen molar-refractivity contribution in [2.24, 2.45) is 5.92 Å². The van der Waals surface area contributed by atoms with Gasteiger partial charge < -0.3 is 14.8 Å². The monoisotopic (exact) mass is 225 g/mol. The number of hydrogen-bond donors (Lipinski definition) is 2. The van der Waals surface area contributed by atoms with Crippen LogP contribution in [0.15, 0.2) is 10.5 Å². The lowest BCUT2D eigenvalue weighted by atomic mass is 10.2. The first-order chi connectivity index (χ1) is 7.41. The molecule has 0 aromatic carbocycles. The van der Waals surface area contributed by atoms with Crippen molar-refractivity contribution >= 4 is 11.9 Å². The third-order valence-electron chi connectivity index (χ3n) is 2.16. The summed E-state index contributed by atoms with van der Waals surface area (Å²) in [6.07, 6.45) is 0. The van der Waals surface area contributed by atoms with Gasteiger partial charge in [0.05, 0.1) is 6.54 Å². The average Bonchev–Trinajstić information content (AvgIpc) is 2.56. The fraction of sp³-hybridized carbons (Fsp3) is 0.455. The van der Waals surface area contributed by atoms with Gasteiger partial charge >= 0.3 is 5.97 Å². The van der Waals surface area contributed by atoms with E-state index in [2.05, 4.69) is 5.32 Å². The third kappa shape index (κ3) is 2.85. The maximum atomic E-state index is 11.3. The molecule has 1 rings (SSSR count). The lowest BCUT2D eigenvalue weighted by Crippen LogP contribution is -2.26. The first-order valence-corrected chi connectivity index (χ1v) is 5.02. The molecule has 0 saturated carbocycles. The largest absolute Gasteiger partial charge is 0.478 e. The second kappa shape index (κ2) is 4.83. The van der Waals surface area contributed by atoms with Crippen molar-refractivity contribution in [3.8, 4) is 0 Å². The molecule has 0 spiro atoms. The molecule has 0 aliphatic heterocycles. The van der Waals surface area contributed by atoms with Crippen LogP contribution in [-0.2, 0) is 11.3 Å². The fourth-order valence-corrected chi connectivity index (χ4v) is 1.22. The molecule has 1 aromatic heterocycles. The van der Waals surface area contributed by atoms with Crippen LogP contribution in [0.2, 0.25) is 0 Å². The highest BCUT2D eigenvalue weighted by Crippen LogP contribution is 2.14. The number of rotatable bonds is 4. The molecule has 1 aromatic rings. The second-order valence-corrected chi connectivity index (χ2v) is 3.86. The van der Waals surface area contributed by atoms with Gasteiger partial charge in [-0.15, -0.1) is 0 Å². The highest BCUT2D eigenvalue weighted by molar-refractivity contribution is 5.88. The highest BCUT2D eigenvalue weighted by atomic mass is 16.4. The molecule has 5 nitrogen and oxygen atoms in total. The topological polar surface area (TPSA) is 79.5 Å². The Morgan fingerprint density at radius 2 is 2.12 bits per heavy atom. The quantitative estimate of drug-likeness (QED) is 0.814. The Kier molecular flexibility index (Phi) is 3.71. The van der Waals surface area contributed by atoms with Gasteiger partial charge in [-0.05, 0) is 13.0 Å². The van der Waals surface area contributed by atoms with Crippen LogP contribution in [0, 0.1) is 12.8 Å². The van der Waals surface area contributed by atoms with Crippen LogP contribution in [0.3, 0.4) is 0 Å².